The summed E-state index contributed by atoms with van der Waals surface area (Å²) in [4.78, 5) is 4.45. The number of hydrogen-bond acceptors (Lipinski definition) is 3. The predicted octanol–water partition coefficient (Wildman–Crippen LogP) is 0.509. The molecule has 1 aromatic rings. The van der Waals surface area contributed by atoms with Gasteiger partial charge in [0.25, 0.3) is 0 Å². The molecular formula is C10H19N3O. The van der Waals surface area contributed by atoms with Gasteiger partial charge in [0.1, 0.15) is 5.82 Å². The lowest BCUT2D eigenvalue weighted by Crippen LogP contribution is -2.18. The van der Waals surface area contributed by atoms with Crippen molar-refractivity contribution in [3.8, 4) is 0 Å². The van der Waals surface area contributed by atoms with Gasteiger partial charge in [0.05, 0.1) is 12.2 Å². The van der Waals surface area contributed by atoms with Crippen LogP contribution in [0.3, 0.4) is 0 Å². The van der Waals surface area contributed by atoms with Crippen molar-refractivity contribution in [1.29, 1.82) is 0 Å². The van der Waals surface area contributed by atoms with Gasteiger partial charge in [-0.15, -0.1) is 0 Å². The molecule has 0 aliphatic heterocycles. The maximum Gasteiger partial charge on any atom is 0.122 e. The number of nitrogens with one attached hydrogen (secondary N) is 1. The first-order chi connectivity index (χ1) is 6.66. The molecule has 1 rings (SSSR count). The van der Waals surface area contributed by atoms with E-state index in [-0.39, 0.29) is 6.61 Å². The second-order valence-electron chi connectivity index (χ2n) is 3.51. The van der Waals surface area contributed by atoms with Crippen LogP contribution in [0.15, 0.2) is 0 Å². The molecule has 2 N–H and O–H groups in total. The summed E-state index contributed by atoms with van der Waals surface area (Å²) in [6.45, 7) is 5.93. The van der Waals surface area contributed by atoms with Gasteiger partial charge >= 0.3 is 0 Å². The van der Waals surface area contributed by atoms with Gasteiger partial charge in [-0.2, -0.15) is 0 Å². The number of nitrogens with zero attached hydrogens (tertiary/aromatic N) is 2. The van der Waals surface area contributed by atoms with Gasteiger partial charge < -0.3 is 15.0 Å². The Morgan fingerprint density at radius 1 is 1.43 bits per heavy atom. The molecule has 0 radical (unpaired) electrons. The summed E-state index contributed by atoms with van der Waals surface area (Å²) in [6.07, 6.45) is 0.794. The molecule has 0 fully saturated rings. The molecule has 0 atom stereocenters. The lowest BCUT2D eigenvalue weighted by Gasteiger charge is -2.04. The van der Waals surface area contributed by atoms with E-state index in [0.29, 0.717) is 0 Å². The van der Waals surface area contributed by atoms with Crippen molar-refractivity contribution in [2.45, 2.75) is 26.8 Å². The Bertz CT molecular complexity index is 294. The van der Waals surface area contributed by atoms with Crippen molar-refractivity contribution < 1.29 is 5.11 Å². The zero-order chi connectivity index (χ0) is 10.6. The summed E-state index contributed by atoms with van der Waals surface area (Å²) in [6, 6.07) is 0. The predicted molar refractivity (Wildman–Crippen MR) is 56.1 cm³/mol. The van der Waals surface area contributed by atoms with Crippen molar-refractivity contribution in [1.82, 2.24) is 14.9 Å². The van der Waals surface area contributed by atoms with E-state index in [9.17, 15) is 0 Å². The molecule has 0 bridgehead atoms. The molecule has 0 amide bonds. The van der Waals surface area contributed by atoms with Crippen molar-refractivity contribution in [2.24, 2.45) is 7.05 Å². The summed E-state index contributed by atoms with van der Waals surface area (Å²) in [5, 5.41) is 11.8. The highest BCUT2D eigenvalue weighted by molar-refractivity contribution is 5.13. The van der Waals surface area contributed by atoms with Crippen LogP contribution in [0.25, 0.3) is 0 Å². The van der Waals surface area contributed by atoms with Gasteiger partial charge in [0, 0.05) is 19.3 Å². The molecule has 0 aromatic carbocycles. The Morgan fingerprint density at radius 3 is 2.64 bits per heavy atom. The monoisotopic (exact) mass is 197 g/mol. The Morgan fingerprint density at radius 2 is 2.14 bits per heavy atom. The van der Waals surface area contributed by atoms with Gasteiger partial charge in [0.2, 0.25) is 0 Å². The summed E-state index contributed by atoms with van der Waals surface area (Å²) < 4.78 is 2.10. The molecular weight excluding hydrogens is 178 g/mol. The third kappa shape index (κ3) is 2.56. The minimum absolute atomic E-state index is 0.242. The molecule has 0 unspecified atom stereocenters. The third-order valence-corrected chi connectivity index (χ3v) is 2.51. The average Bonchev–Trinajstić information content (AvgIpc) is 2.41. The molecule has 0 saturated heterocycles. The summed E-state index contributed by atoms with van der Waals surface area (Å²) >= 11 is 0. The highest BCUT2D eigenvalue weighted by Gasteiger charge is 2.05. The van der Waals surface area contributed by atoms with Crippen LogP contribution >= 0.6 is 0 Å². The molecule has 0 spiro atoms. The SMILES string of the molecule is Cc1nc(CNCCCO)n(C)c1C. The van der Waals surface area contributed by atoms with E-state index < -0.39 is 0 Å². The fraction of sp³-hybridized carbons (Fsp3) is 0.700. The number of imidazole rings is 1. The second kappa shape index (κ2) is 5.12. The Kier molecular flexibility index (Phi) is 4.10. The molecule has 0 saturated carbocycles. The van der Waals surface area contributed by atoms with Crippen LogP contribution in [0.1, 0.15) is 23.6 Å². The first kappa shape index (κ1) is 11.2. The van der Waals surface area contributed by atoms with E-state index in [2.05, 4.69) is 21.8 Å². The zero-order valence-corrected chi connectivity index (χ0v) is 9.17. The number of aromatic nitrogens is 2. The van der Waals surface area contributed by atoms with E-state index in [1.165, 1.54) is 5.69 Å². The number of hydrogen-bond donors (Lipinski definition) is 2. The fourth-order valence-electron chi connectivity index (χ4n) is 1.35. The Labute approximate surface area is 85.0 Å². The van der Waals surface area contributed by atoms with Gasteiger partial charge in [-0.3, -0.25) is 0 Å². The normalized spacial score (nSPS) is 10.9. The van der Waals surface area contributed by atoms with Crippen LogP contribution in [-0.4, -0.2) is 27.8 Å². The van der Waals surface area contributed by atoms with Gasteiger partial charge in [0.15, 0.2) is 0 Å². The van der Waals surface area contributed by atoms with Crippen LogP contribution in [0.5, 0.6) is 0 Å². The number of aliphatic hydroxyl groups excluding tert-OH is 1. The van der Waals surface area contributed by atoms with Gasteiger partial charge in [-0.25, -0.2) is 4.98 Å². The standard InChI is InChI=1S/C10H19N3O/c1-8-9(2)13(3)10(12-8)7-11-5-4-6-14/h11,14H,4-7H2,1-3H3. The lowest BCUT2D eigenvalue weighted by atomic mass is 10.4. The molecule has 4 nitrogen and oxygen atoms in total. The van der Waals surface area contributed by atoms with Crippen molar-refractivity contribution in [3.63, 3.8) is 0 Å². The molecule has 1 aromatic heterocycles. The summed E-state index contributed by atoms with van der Waals surface area (Å²) in [5.41, 5.74) is 2.30. The molecule has 1 heterocycles. The largest absolute Gasteiger partial charge is 0.396 e. The minimum Gasteiger partial charge on any atom is -0.396 e. The first-order valence-corrected chi connectivity index (χ1v) is 4.97. The molecule has 0 aliphatic rings. The fourth-order valence-corrected chi connectivity index (χ4v) is 1.35. The summed E-state index contributed by atoms with van der Waals surface area (Å²) in [5.74, 6) is 1.05. The Hall–Kier alpha value is -0.870. The van der Waals surface area contributed by atoms with Gasteiger partial charge in [-0.05, 0) is 26.8 Å². The van der Waals surface area contributed by atoms with E-state index in [1.54, 1.807) is 0 Å². The second-order valence-corrected chi connectivity index (χ2v) is 3.51. The van der Waals surface area contributed by atoms with Gasteiger partial charge in [-0.1, -0.05) is 0 Å². The van der Waals surface area contributed by atoms with E-state index >= 15 is 0 Å². The van der Waals surface area contributed by atoms with Crippen molar-refractivity contribution >= 4 is 0 Å². The van der Waals surface area contributed by atoms with E-state index in [0.717, 1.165) is 31.0 Å². The van der Waals surface area contributed by atoms with Crippen LogP contribution in [0.2, 0.25) is 0 Å². The maximum absolute atomic E-state index is 8.61. The van der Waals surface area contributed by atoms with E-state index in [1.807, 2.05) is 14.0 Å². The maximum atomic E-state index is 8.61. The zero-order valence-electron chi connectivity index (χ0n) is 9.17. The van der Waals surface area contributed by atoms with Crippen molar-refractivity contribution in [2.75, 3.05) is 13.2 Å². The van der Waals surface area contributed by atoms with Crippen LogP contribution < -0.4 is 5.32 Å². The van der Waals surface area contributed by atoms with Crippen LogP contribution in [0.4, 0.5) is 0 Å². The van der Waals surface area contributed by atoms with Crippen LogP contribution in [0, 0.1) is 13.8 Å². The molecule has 14 heavy (non-hydrogen) atoms. The average molecular weight is 197 g/mol. The number of rotatable bonds is 5. The van der Waals surface area contributed by atoms with E-state index in [4.69, 9.17) is 5.11 Å². The van der Waals surface area contributed by atoms with Crippen LogP contribution in [-0.2, 0) is 13.6 Å². The molecule has 4 heteroatoms. The van der Waals surface area contributed by atoms with Crippen molar-refractivity contribution in [3.05, 3.63) is 17.2 Å². The lowest BCUT2D eigenvalue weighted by molar-refractivity contribution is 0.285. The minimum atomic E-state index is 0.242. The molecule has 0 aliphatic carbocycles. The Balaban J connectivity index is 2.47. The number of aliphatic hydroxyl groups is 1. The quantitative estimate of drug-likeness (QED) is 0.676. The smallest absolute Gasteiger partial charge is 0.122 e. The number of aryl methyl sites for hydroxylation is 1. The highest BCUT2D eigenvalue weighted by atomic mass is 16.3. The highest BCUT2D eigenvalue weighted by Crippen LogP contribution is 2.07. The summed E-state index contributed by atoms with van der Waals surface area (Å²) in [7, 11) is 2.03. The molecule has 80 valence electrons. The topological polar surface area (TPSA) is 50.1 Å². The third-order valence-electron chi connectivity index (χ3n) is 2.51. The first-order valence-electron chi connectivity index (χ1n) is 4.97.